The number of cyclic esters (lactones) is 1. The van der Waals surface area contributed by atoms with E-state index in [1.54, 1.807) is 18.2 Å². The van der Waals surface area contributed by atoms with Crippen LogP contribution in [0.5, 0.6) is 5.75 Å². The van der Waals surface area contributed by atoms with Gasteiger partial charge in [-0.15, -0.1) is 0 Å². The smallest absolute Gasteiger partial charge is 0.343 e. The third kappa shape index (κ3) is 5.65. The molecule has 7 N–H and O–H groups in total. The maximum absolute atomic E-state index is 13.6. The number of anilines is 1. The van der Waals surface area contributed by atoms with Crippen molar-refractivity contribution in [2.45, 2.75) is 62.5 Å². The molecule has 0 radical (unpaired) electrons. The van der Waals surface area contributed by atoms with Gasteiger partial charge in [0.05, 0.1) is 40.4 Å². The summed E-state index contributed by atoms with van der Waals surface area (Å²) in [5.74, 6) is -4.56. The number of pyridine rings is 2. The van der Waals surface area contributed by atoms with Gasteiger partial charge in [0.2, 0.25) is 6.29 Å². The van der Waals surface area contributed by atoms with Crippen LogP contribution in [0.25, 0.3) is 22.3 Å². The zero-order chi connectivity index (χ0) is 37.2. The van der Waals surface area contributed by atoms with Crippen LogP contribution in [0.1, 0.15) is 28.7 Å². The summed E-state index contributed by atoms with van der Waals surface area (Å²) < 4.78 is 22.1. The van der Waals surface area contributed by atoms with E-state index in [1.165, 1.54) is 16.7 Å². The summed E-state index contributed by atoms with van der Waals surface area (Å²) in [6.07, 6.45) is -11.0. The fraction of sp³-hybridized carbons (Fsp3) is 0.303. The summed E-state index contributed by atoms with van der Waals surface area (Å²) in [5.41, 5.74) is 4.44. The Balaban J connectivity index is 1.10. The Morgan fingerprint density at radius 2 is 1.87 bits per heavy atom. The molecule has 3 aliphatic rings. The molecule has 0 bridgehead atoms. The summed E-state index contributed by atoms with van der Waals surface area (Å²) >= 11 is 0. The number of aliphatic carboxylic acids is 1. The number of hydrogen-bond donors (Lipinski definition) is 6. The maximum atomic E-state index is 13.6. The number of carbonyl (C=O) groups is 3. The van der Waals surface area contributed by atoms with Gasteiger partial charge in [-0.1, -0.05) is 12.1 Å². The van der Waals surface area contributed by atoms with Crippen LogP contribution in [0, 0.1) is 10.1 Å². The number of nitro benzene ring substituents is 1. The number of aromatic nitrogens is 2. The molecule has 2 aromatic heterocycles. The predicted molar refractivity (Wildman–Crippen MR) is 171 cm³/mol. The first-order valence-electron chi connectivity index (χ1n) is 15.5. The van der Waals surface area contributed by atoms with Crippen molar-refractivity contribution in [2.24, 2.45) is 0 Å². The van der Waals surface area contributed by atoms with Crippen LogP contribution in [-0.4, -0.2) is 88.6 Å². The zero-order valence-corrected chi connectivity index (χ0v) is 26.6. The first-order valence-corrected chi connectivity index (χ1v) is 15.5. The van der Waals surface area contributed by atoms with Gasteiger partial charge in [-0.2, -0.15) is 0 Å². The number of nitro groups is 1. The second-order valence-corrected chi connectivity index (χ2v) is 12.4. The number of carbonyl (C=O) groups excluding carboxylic acids is 2. The predicted octanol–water partition coefficient (Wildman–Crippen LogP) is -0.435. The molecule has 7 rings (SSSR count). The first-order chi connectivity index (χ1) is 24.7. The number of nitrogens with two attached hydrogens (primary N) is 1. The number of nitrogens with zero attached hydrogens (tertiary/aromatic N) is 3. The molecule has 0 aliphatic carbocycles. The molecule has 0 saturated carbocycles. The van der Waals surface area contributed by atoms with Crippen molar-refractivity contribution in [1.29, 1.82) is 0 Å². The molecular weight excluding hydrogens is 692 g/mol. The van der Waals surface area contributed by atoms with E-state index in [0.717, 1.165) is 12.1 Å². The Hall–Kier alpha value is -5.99. The monoisotopic (exact) mass is 720 g/mol. The number of carboxylic acids is 1. The van der Waals surface area contributed by atoms with Gasteiger partial charge >= 0.3 is 23.6 Å². The molecule has 270 valence electrons. The molecule has 0 amide bonds. The molecule has 0 spiro atoms. The summed E-state index contributed by atoms with van der Waals surface area (Å²) in [5, 5.41) is 63.5. The van der Waals surface area contributed by atoms with Crippen LogP contribution in [0.2, 0.25) is 0 Å². The highest BCUT2D eigenvalue weighted by molar-refractivity contribution is 5.93. The third-order valence-corrected chi connectivity index (χ3v) is 9.15. The summed E-state index contributed by atoms with van der Waals surface area (Å²) in [6.45, 7) is -0.922. The highest BCUT2D eigenvalue weighted by atomic mass is 16.7. The lowest BCUT2D eigenvalue weighted by Gasteiger charge is -2.38. The molecule has 0 unspecified atom stereocenters. The zero-order valence-electron chi connectivity index (χ0n) is 26.6. The van der Waals surface area contributed by atoms with Gasteiger partial charge in [0, 0.05) is 28.3 Å². The van der Waals surface area contributed by atoms with Crippen LogP contribution in [0.4, 0.5) is 11.4 Å². The average Bonchev–Trinajstić information content (AvgIpc) is 3.47. The van der Waals surface area contributed by atoms with Gasteiger partial charge in [-0.3, -0.25) is 19.7 Å². The lowest BCUT2D eigenvalue weighted by molar-refractivity contribution is -0.387. The maximum Gasteiger partial charge on any atom is 0.343 e. The van der Waals surface area contributed by atoms with Crippen LogP contribution in [0.3, 0.4) is 0 Å². The molecule has 5 heterocycles. The van der Waals surface area contributed by atoms with Crippen molar-refractivity contribution in [3.05, 3.63) is 91.3 Å². The van der Waals surface area contributed by atoms with Gasteiger partial charge in [0.1, 0.15) is 31.5 Å². The summed E-state index contributed by atoms with van der Waals surface area (Å²) in [6, 6.07) is 11.6. The van der Waals surface area contributed by atoms with E-state index in [0.29, 0.717) is 33.5 Å². The lowest BCUT2D eigenvalue weighted by atomic mass is 9.85. The highest BCUT2D eigenvalue weighted by Crippen LogP contribution is 2.40. The minimum atomic E-state index is -2.64. The van der Waals surface area contributed by atoms with E-state index in [-0.39, 0.29) is 23.2 Å². The summed E-state index contributed by atoms with van der Waals surface area (Å²) in [7, 11) is 0. The lowest BCUT2D eigenvalue weighted by Crippen LogP contribution is -2.61. The molecule has 2 aromatic carbocycles. The van der Waals surface area contributed by atoms with Crippen molar-refractivity contribution < 1.29 is 63.8 Å². The van der Waals surface area contributed by atoms with E-state index in [9.17, 15) is 54.8 Å². The van der Waals surface area contributed by atoms with Crippen LogP contribution < -0.4 is 16.0 Å². The Kier molecular flexibility index (Phi) is 8.38. The fourth-order valence-corrected chi connectivity index (χ4v) is 6.45. The van der Waals surface area contributed by atoms with Crippen molar-refractivity contribution in [1.82, 2.24) is 9.55 Å². The number of aliphatic hydroxyl groups excluding tert-OH is 3. The number of fused-ring (bicyclic) bond motifs is 5. The first kappa shape index (κ1) is 34.5. The number of carboxylic acid groups (broad SMARTS) is 1. The Morgan fingerprint density at radius 3 is 2.60 bits per heavy atom. The van der Waals surface area contributed by atoms with Gasteiger partial charge < -0.3 is 54.8 Å². The standard InChI is InChI=1S/C33H28N4O15/c34-18-2-1-3-19-15(18)7-14-10-36-21(24(14)35-19)8-17-16(29(36)42)12-50-32(45)33(17,46)9-23(38)49-11-13-4-5-22(20(6-13)37(47)48)51-31-27(41)25(39)26(40)28(52-31)30(43)44/h1-8,25-28,31,39-41,46H,9-12,34H2,(H,43,44)/t25-,26-,27+,28-,31+,33-/m0/s1. The van der Waals surface area contributed by atoms with E-state index >= 15 is 0 Å². The largest absolute Gasteiger partial charge is 0.479 e. The Bertz CT molecular complexity index is 2260. The van der Waals surface area contributed by atoms with Crippen LogP contribution in [0.15, 0.2) is 53.3 Å². The molecule has 4 aromatic rings. The van der Waals surface area contributed by atoms with E-state index in [4.69, 9.17) is 24.7 Å². The number of hydrogen-bond acceptors (Lipinski definition) is 16. The molecule has 1 fully saturated rings. The molecule has 19 heteroatoms. The van der Waals surface area contributed by atoms with Crippen molar-refractivity contribution in [3.8, 4) is 17.1 Å². The molecule has 6 atom stereocenters. The van der Waals surface area contributed by atoms with Crippen molar-refractivity contribution in [2.75, 3.05) is 5.73 Å². The van der Waals surface area contributed by atoms with E-state index in [2.05, 4.69) is 4.98 Å². The fourth-order valence-electron chi connectivity index (χ4n) is 6.45. The second kappa shape index (κ2) is 12.7. The highest BCUT2D eigenvalue weighted by Gasteiger charge is 2.50. The molecular formula is C33H28N4O15. The van der Waals surface area contributed by atoms with Gasteiger partial charge in [0.25, 0.3) is 5.56 Å². The van der Waals surface area contributed by atoms with Crippen molar-refractivity contribution in [3.63, 3.8) is 0 Å². The Labute approximate surface area is 290 Å². The molecule has 19 nitrogen and oxygen atoms in total. The van der Waals surface area contributed by atoms with E-state index in [1.807, 2.05) is 6.07 Å². The number of esters is 2. The number of rotatable bonds is 8. The van der Waals surface area contributed by atoms with Gasteiger partial charge in [-0.25, -0.2) is 14.6 Å². The van der Waals surface area contributed by atoms with Gasteiger partial charge in [-0.05, 0) is 35.9 Å². The van der Waals surface area contributed by atoms with Crippen LogP contribution in [-0.2, 0) is 54.0 Å². The minimum absolute atomic E-state index is 0.0293. The average molecular weight is 721 g/mol. The molecule has 52 heavy (non-hydrogen) atoms. The number of aliphatic hydroxyl groups is 4. The van der Waals surface area contributed by atoms with E-state index < -0.39 is 95.8 Å². The number of ether oxygens (including phenoxy) is 4. The quantitative estimate of drug-likeness (QED) is 0.0513. The minimum Gasteiger partial charge on any atom is -0.479 e. The van der Waals surface area contributed by atoms with Crippen LogP contribution >= 0.6 is 0 Å². The second-order valence-electron chi connectivity index (χ2n) is 12.4. The Morgan fingerprint density at radius 1 is 1.10 bits per heavy atom. The molecule has 3 aliphatic heterocycles. The summed E-state index contributed by atoms with van der Waals surface area (Å²) in [4.78, 5) is 66.7. The van der Waals surface area contributed by atoms with Crippen molar-refractivity contribution >= 4 is 40.2 Å². The normalized spacial score (nSPS) is 24.7. The third-order valence-electron chi connectivity index (χ3n) is 9.15. The van der Waals surface area contributed by atoms with Gasteiger partial charge in [0.15, 0.2) is 17.5 Å². The number of benzene rings is 2. The topological polar surface area (TPSA) is 293 Å². The SMILES string of the molecule is Nc1cccc2nc3c(cc12)Cn1c-3cc2c(c1=O)COC(=O)[C@]2(O)CC(=O)OCc1ccc(O[C@@H]2O[C@H](C(=O)O)[C@@H](O)[C@H](O)[C@H]2O)c([N+](=O)[O-])c1. The molecule has 1 saturated heterocycles. The number of nitrogen functional groups attached to an aromatic ring is 1.